The molecule has 10 nitrogen and oxygen atoms in total. The number of ether oxygens (including phenoxy) is 2. The quantitative estimate of drug-likeness (QED) is 0.266. The first-order chi connectivity index (χ1) is 19.6. The van der Waals surface area contributed by atoms with E-state index in [2.05, 4.69) is 16.0 Å². The van der Waals surface area contributed by atoms with Gasteiger partial charge in [0, 0.05) is 6.42 Å². The topological polar surface area (TPSA) is 149 Å². The van der Waals surface area contributed by atoms with E-state index in [0.717, 1.165) is 11.1 Å². The molecule has 230 valence electrons. The third-order valence-electron chi connectivity index (χ3n) is 6.23. The number of hydrogen-bond donors (Lipinski definition) is 4. The van der Waals surface area contributed by atoms with Gasteiger partial charge >= 0.3 is 6.09 Å². The third-order valence-corrected chi connectivity index (χ3v) is 6.23. The molecule has 0 aliphatic rings. The van der Waals surface area contributed by atoms with Gasteiger partial charge in [-0.15, -0.1) is 0 Å². The lowest BCUT2D eigenvalue weighted by Crippen LogP contribution is -2.58. The lowest BCUT2D eigenvalue weighted by molar-refractivity contribution is -0.133. The molecule has 0 spiro atoms. The van der Waals surface area contributed by atoms with Crippen LogP contribution in [0.5, 0.6) is 5.75 Å². The van der Waals surface area contributed by atoms with E-state index in [9.17, 15) is 19.2 Å². The Bertz CT molecular complexity index is 1180. The van der Waals surface area contributed by atoms with Crippen LogP contribution >= 0.6 is 0 Å². The van der Waals surface area contributed by atoms with Crippen molar-refractivity contribution in [1.29, 1.82) is 0 Å². The predicted octanol–water partition coefficient (Wildman–Crippen LogP) is 3.86. The molecule has 0 radical (unpaired) electrons. The van der Waals surface area contributed by atoms with Crippen LogP contribution < -0.4 is 26.4 Å². The minimum Gasteiger partial charge on any atom is -0.489 e. The van der Waals surface area contributed by atoms with Crippen molar-refractivity contribution in [2.45, 2.75) is 91.6 Å². The van der Waals surface area contributed by atoms with Crippen molar-refractivity contribution in [3.05, 3.63) is 65.7 Å². The molecule has 0 aromatic heterocycles. The summed E-state index contributed by atoms with van der Waals surface area (Å²) in [6.45, 7) is 13.0. The smallest absolute Gasteiger partial charge is 0.408 e. The zero-order valence-corrected chi connectivity index (χ0v) is 25.7. The normalized spacial score (nSPS) is 13.5. The van der Waals surface area contributed by atoms with Crippen molar-refractivity contribution < 1.29 is 28.7 Å². The Labute approximate surface area is 249 Å². The molecule has 0 unspecified atom stereocenters. The van der Waals surface area contributed by atoms with Crippen molar-refractivity contribution >= 4 is 23.8 Å². The number of benzene rings is 2. The molecule has 3 atom stereocenters. The molecule has 0 aliphatic carbocycles. The minimum absolute atomic E-state index is 0.118. The molecule has 5 N–H and O–H groups in total. The van der Waals surface area contributed by atoms with E-state index in [1.807, 2.05) is 56.3 Å². The van der Waals surface area contributed by atoms with Gasteiger partial charge in [0.1, 0.15) is 36.1 Å². The summed E-state index contributed by atoms with van der Waals surface area (Å²) in [5.74, 6) is -1.29. The Hall–Kier alpha value is -4.08. The maximum atomic E-state index is 13.5. The highest BCUT2D eigenvalue weighted by molar-refractivity contribution is 5.93. The maximum Gasteiger partial charge on any atom is 0.408 e. The van der Waals surface area contributed by atoms with Crippen LogP contribution in [0.4, 0.5) is 4.79 Å². The molecule has 4 amide bonds. The first-order valence-corrected chi connectivity index (χ1v) is 14.3. The van der Waals surface area contributed by atoms with Crippen LogP contribution in [0, 0.1) is 11.8 Å². The van der Waals surface area contributed by atoms with Gasteiger partial charge in [-0.1, -0.05) is 70.2 Å². The summed E-state index contributed by atoms with van der Waals surface area (Å²) in [4.78, 5) is 51.2. The van der Waals surface area contributed by atoms with Crippen LogP contribution in [-0.2, 0) is 32.1 Å². The van der Waals surface area contributed by atoms with Crippen LogP contribution in [0.2, 0.25) is 0 Å². The van der Waals surface area contributed by atoms with Crippen molar-refractivity contribution in [3.63, 3.8) is 0 Å². The SMILES string of the molecule is CC(C)C[C@H](NC(=O)[C@H](NC(=O)[C@H](Cc1ccc(OCc2ccccc2)cc1)NC(=O)OC(C)(C)C)C(C)C)C(N)=O. The molecule has 0 aliphatic heterocycles. The summed E-state index contributed by atoms with van der Waals surface area (Å²) in [6, 6.07) is 14.1. The number of amides is 4. The molecule has 0 saturated heterocycles. The van der Waals surface area contributed by atoms with Crippen molar-refractivity contribution in [1.82, 2.24) is 16.0 Å². The summed E-state index contributed by atoms with van der Waals surface area (Å²) >= 11 is 0. The van der Waals surface area contributed by atoms with E-state index >= 15 is 0 Å². The predicted molar refractivity (Wildman–Crippen MR) is 161 cm³/mol. The Kier molecular flexibility index (Phi) is 12.8. The Morgan fingerprint density at radius 1 is 0.786 bits per heavy atom. The number of rotatable bonds is 14. The molecule has 2 rings (SSSR count). The third kappa shape index (κ3) is 12.2. The van der Waals surface area contributed by atoms with Gasteiger partial charge in [0.25, 0.3) is 0 Å². The Morgan fingerprint density at radius 2 is 1.40 bits per heavy atom. The second-order valence-electron chi connectivity index (χ2n) is 12.1. The van der Waals surface area contributed by atoms with Crippen molar-refractivity contribution in [3.8, 4) is 5.75 Å². The standard InChI is InChI=1S/C32H46N4O6/c1-20(2)17-25(28(33)37)34-30(39)27(21(3)4)36-29(38)26(35-31(40)42-32(5,6)7)18-22-13-15-24(16-14-22)41-19-23-11-9-8-10-12-23/h8-16,20-21,25-27H,17-19H2,1-7H3,(H2,33,37)(H,34,39)(H,35,40)(H,36,38)/t25-,26-,27+/m0/s1. The molecular weight excluding hydrogens is 536 g/mol. The second kappa shape index (κ2) is 15.8. The Balaban J connectivity index is 2.18. The number of primary amides is 1. The van der Waals surface area contributed by atoms with Gasteiger partial charge in [-0.25, -0.2) is 4.79 Å². The van der Waals surface area contributed by atoms with Crippen LogP contribution in [0.25, 0.3) is 0 Å². The molecule has 0 saturated carbocycles. The van der Waals surface area contributed by atoms with Crippen molar-refractivity contribution in [2.24, 2.45) is 17.6 Å². The first-order valence-electron chi connectivity index (χ1n) is 14.3. The molecule has 42 heavy (non-hydrogen) atoms. The van der Waals surface area contributed by atoms with Crippen molar-refractivity contribution in [2.75, 3.05) is 0 Å². The molecule has 0 fully saturated rings. The summed E-state index contributed by atoms with van der Waals surface area (Å²) in [6.07, 6.45) is -0.261. The summed E-state index contributed by atoms with van der Waals surface area (Å²) in [5, 5.41) is 8.07. The van der Waals surface area contributed by atoms with Gasteiger partial charge in [0.15, 0.2) is 0 Å². The van der Waals surface area contributed by atoms with Crippen LogP contribution in [0.1, 0.15) is 66.0 Å². The average molecular weight is 583 g/mol. The largest absolute Gasteiger partial charge is 0.489 e. The summed E-state index contributed by atoms with van der Waals surface area (Å²) in [5.41, 5.74) is 6.52. The average Bonchev–Trinajstić information content (AvgIpc) is 2.89. The molecule has 10 heteroatoms. The number of carbonyl (C=O) groups excluding carboxylic acids is 4. The molecule has 0 heterocycles. The number of carbonyl (C=O) groups is 4. The lowest BCUT2D eigenvalue weighted by Gasteiger charge is -2.28. The highest BCUT2D eigenvalue weighted by Crippen LogP contribution is 2.16. The fourth-order valence-electron chi connectivity index (χ4n) is 4.13. The van der Waals surface area contributed by atoms with E-state index in [0.29, 0.717) is 18.8 Å². The minimum atomic E-state index is -1.05. The lowest BCUT2D eigenvalue weighted by atomic mass is 9.99. The van der Waals surface area contributed by atoms with Gasteiger partial charge in [-0.05, 0) is 62.3 Å². The van der Waals surface area contributed by atoms with Gasteiger partial charge in [-0.3, -0.25) is 14.4 Å². The summed E-state index contributed by atoms with van der Waals surface area (Å²) < 4.78 is 11.2. The first kappa shape index (κ1) is 34.1. The van der Waals surface area contributed by atoms with Gasteiger partial charge in [-0.2, -0.15) is 0 Å². The van der Waals surface area contributed by atoms with E-state index < -0.39 is 47.5 Å². The molecule has 2 aromatic carbocycles. The number of nitrogens with two attached hydrogens (primary N) is 1. The fraction of sp³-hybridized carbons (Fsp3) is 0.500. The maximum absolute atomic E-state index is 13.5. The van der Waals surface area contributed by atoms with Crippen LogP contribution in [-0.4, -0.2) is 47.5 Å². The number of nitrogens with one attached hydrogen (secondary N) is 3. The van der Waals surface area contributed by atoms with E-state index in [-0.39, 0.29) is 18.3 Å². The second-order valence-corrected chi connectivity index (χ2v) is 12.1. The Morgan fingerprint density at radius 3 is 1.93 bits per heavy atom. The summed E-state index contributed by atoms with van der Waals surface area (Å²) in [7, 11) is 0. The zero-order chi connectivity index (χ0) is 31.4. The van der Waals surface area contributed by atoms with Gasteiger partial charge in [0.05, 0.1) is 0 Å². The number of hydrogen-bond acceptors (Lipinski definition) is 6. The monoisotopic (exact) mass is 582 g/mol. The van der Waals surface area contributed by atoms with Gasteiger partial charge < -0.3 is 31.2 Å². The highest BCUT2D eigenvalue weighted by atomic mass is 16.6. The van der Waals surface area contributed by atoms with E-state index in [1.54, 1.807) is 46.8 Å². The fourth-order valence-corrected chi connectivity index (χ4v) is 4.13. The van der Waals surface area contributed by atoms with Crippen LogP contribution in [0.3, 0.4) is 0 Å². The van der Waals surface area contributed by atoms with Crippen LogP contribution in [0.15, 0.2) is 54.6 Å². The van der Waals surface area contributed by atoms with E-state index in [1.165, 1.54) is 0 Å². The number of alkyl carbamates (subject to hydrolysis) is 1. The molecular formula is C32H46N4O6. The highest BCUT2D eigenvalue weighted by Gasteiger charge is 2.32. The molecule has 2 aromatic rings. The van der Waals surface area contributed by atoms with Gasteiger partial charge in [0.2, 0.25) is 17.7 Å². The van der Waals surface area contributed by atoms with E-state index in [4.69, 9.17) is 15.2 Å². The zero-order valence-electron chi connectivity index (χ0n) is 25.7. The molecule has 0 bridgehead atoms.